The molecule has 0 aromatic heterocycles. The molecular formula is C16H21N3O4S. The number of carbonyl (C=O) groups excluding carboxylic acids is 2. The fraction of sp³-hybridized carbons (Fsp3) is 0.438. The second kappa shape index (κ2) is 7.23. The van der Waals surface area contributed by atoms with Gasteiger partial charge in [0.1, 0.15) is 0 Å². The number of nitrogens with zero attached hydrogens (tertiary/aromatic N) is 2. The molecule has 1 atom stereocenters. The fourth-order valence-corrected chi connectivity index (χ4v) is 2.89. The quantitative estimate of drug-likeness (QED) is 0.791. The molecule has 24 heavy (non-hydrogen) atoms. The van der Waals surface area contributed by atoms with Crippen LogP contribution in [0.3, 0.4) is 0 Å². The number of allylic oxidation sites excluding steroid dienone is 3. The van der Waals surface area contributed by atoms with E-state index < -0.39 is 15.9 Å². The number of hydrogen-bond acceptors (Lipinski definition) is 4. The molecule has 2 rings (SSSR count). The second-order valence-corrected chi connectivity index (χ2v) is 7.93. The van der Waals surface area contributed by atoms with Gasteiger partial charge in [-0.3, -0.25) is 9.59 Å². The summed E-state index contributed by atoms with van der Waals surface area (Å²) >= 11 is 0. The summed E-state index contributed by atoms with van der Waals surface area (Å²) in [5, 5.41) is 2.77. The Balaban J connectivity index is 2.16. The Morgan fingerprint density at radius 3 is 2.71 bits per heavy atom. The van der Waals surface area contributed by atoms with Crippen LogP contribution in [0.25, 0.3) is 0 Å². The minimum Gasteiger partial charge on any atom is -0.325 e. The molecule has 0 fully saturated rings. The van der Waals surface area contributed by atoms with Gasteiger partial charge in [-0.2, -0.15) is 4.31 Å². The number of hydrogen-bond donors (Lipinski definition) is 1. The van der Waals surface area contributed by atoms with Crippen LogP contribution in [0.1, 0.15) is 19.8 Å². The number of rotatable bonds is 5. The molecule has 0 aromatic carbocycles. The van der Waals surface area contributed by atoms with Gasteiger partial charge >= 0.3 is 0 Å². The highest BCUT2D eigenvalue weighted by atomic mass is 32.2. The number of likely N-dealkylation sites (N-methyl/N-ethyl adjacent to an activating group) is 1. The summed E-state index contributed by atoms with van der Waals surface area (Å²) in [5.74, 6) is -0.751. The maximum atomic E-state index is 11.9. The number of carbonyl (C=O) groups is 2. The topological polar surface area (TPSA) is 95.9 Å². The summed E-state index contributed by atoms with van der Waals surface area (Å²) in [5.41, 5.74) is 2.12. The van der Waals surface area contributed by atoms with Crippen LogP contribution in [-0.4, -0.2) is 50.1 Å². The van der Waals surface area contributed by atoms with Crippen molar-refractivity contribution in [2.24, 2.45) is 10.9 Å². The predicted molar refractivity (Wildman–Crippen MR) is 91.8 cm³/mol. The summed E-state index contributed by atoms with van der Waals surface area (Å²) in [6.07, 6.45) is 9.67. The molecule has 7 nitrogen and oxygen atoms in total. The molecule has 2 amide bonds. The van der Waals surface area contributed by atoms with Gasteiger partial charge in [-0.1, -0.05) is 25.0 Å². The molecule has 0 saturated heterocycles. The average molecular weight is 351 g/mol. The molecule has 0 bridgehead atoms. The van der Waals surface area contributed by atoms with Crippen LogP contribution < -0.4 is 5.32 Å². The Labute approximate surface area is 141 Å². The first kappa shape index (κ1) is 18.3. The Morgan fingerprint density at radius 2 is 2.08 bits per heavy atom. The zero-order valence-electron chi connectivity index (χ0n) is 13.9. The Kier molecular flexibility index (Phi) is 5.51. The Morgan fingerprint density at radius 1 is 1.38 bits per heavy atom. The normalized spacial score (nSPS) is 22.1. The second-order valence-electron chi connectivity index (χ2n) is 5.84. The van der Waals surface area contributed by atoms with Crippen molar-refractivity contribution in [3.05, 3.63) is 35.6 Å². The summed E-state index contributed by atoms with van der Waals surface area (Å²) in [6, 6.07) is 0. The van der Waals surface area contributed by atoms with E-state index in [-0.39, 0.29) is 18.4 Å². The summed E-state index contributed by atoms with van der Waals surface area (Å²) in [4.78, 5) is 27.6. The van der Waals surface area contributed by atoms with Crippen LogP contribution in [0.5, 0.6) is 0 Å². The minimum absolute atomic E-state index is 0.00426. The fourth-order valence-electron chi connectivity index (χ4n) is 2.54. The molecule has 0 saturated carbocycles. The summed E-state index contributed by atoms with van der Waals surface area (Å²) in [6.45, 7) is 1.73. The van der Waals surface area contributed by atoms with Gasteiger partial charge in [-0.05, 0) is 18.6 Å². The van der Waals surface area contributed by atoms with Gasteiger partial charge in [-0.15, -0.1) is 0 Å². The molecule has 8 heteroatoms. The lowest BCUT2D eigenvalue weighted by molar-refractivity contribution is -0.118. The van der Waals surface area contributed by atoms with Crippen LogP contribution in [0.15, 0.2) is 40.6 Å². The van der Waals surface area contributed by atoms with E-state index in [0.717, 1.165) is 29.0 Å². The smallest absolute Gasteiger partial charge is 0.261 e. The first-order valence-corrected chi connectivity index (χ1v) is 9.49. The molecule has 1 aliphatic heterocycles. The highest BCUT2D eigenvalue weighted by Gasteiger charge is 2.26. The molecule has 0 aromatic rings. The molecule has 1 unspecified atom stereocenters. The van der Waals surface area contributed by atoms with E-state index in [9.17, 15) is 18.0 Å². The first-order chi connectivity index (χ1) is 11.2. The third kappa shape index (κ3) is 4.48. The molecular weight excluding hydrogens is 330 g/mol. The number of sulfonamides is 1. The number of amides is 2. The molecule has 130 valence electrons. The van der Waals surface area contributed by atoms with Crippen LogP contribution in [-0.2, 0) is 19.6 Å². The van der Waals surface area contributed by atoms with Crippen LogP contribution >= 0.6 is 0 Å². The molecule has 1 N–H and O–H groups in total. The van der Waals surface area contributed by atoms with Crippen molar-refractivity contribution in [3.63, 3.8) is 0 Å². The lowest BCUT2D eigenvalue weighted by atomic mass is 9.85. The van der Waals surface area contributed by atoms with E-state index >= 15 is 0 Å². The number of aliphatic imine (C=N–C) groups is 1. The lowest BCUT2D eigenvalue weighted by Gasteiger charge is -2.27. The maximum Gasteiger partial charge on any atom is 0.261 e. The number of fused-ring (bicyclic) bond motifs is 1. The van der Waals surface area contributed by atoms with Gasteiger partial charge < -0.3 is 5.32 Å². The maximum absolute atomic E-state index is 11.9. The molecule has 2 aliphatic rings. The van der Waals surface area contributed by atoms with E-state index in [2.05, 4.69) is 10.3 Å². The van der Waals surface area contributed by atoms with Crippen molar-refractivity contribution >= 4 is 27.5 Å². The van der Waals surface area contributed by atoms with Crippen LogP contribution in [0, 0.1) is 5.92 Å². The van der Waals surface area contributed by atoms with Crippen molar-refractivity contribution in [1.82, 2.24) is 9.62 Å². The highest BCUT2D eigenvalue weighted by Crippen LogP contribution is 2.29. The minimum atomic E-state index is -3.43. The Hall–Kier alpha value is -2.06. The highest BCUT2D eigenvalue weighted by molar-refractivity contribution is 7.88. The molecule has 0 radical (unpaired) electrons. The SMILES string of the molecule is CCCC1=CC(=O)NC2=CC(=NC(=O)CN(C)S(C)(=O)=O)C=CC12. The first-order valence-electron chi connectivity index (χ1n) is 7.64. The molecule has 0 spiro atoms. The van der Waals surface area contributed by atoms with Gasteiger partial charge in [0.15, 0.2) is 0 Å². The van der Waals surface area contributed by atoms with E-state index in [1.165, 1.54) is 7.05 Å². The predicted octanol–water partition coefficient (Wildman–Crippen LogP) is 0.772. The molecule has 1 heterocycles. The Bertz CT molecular complexity index is 775. The van der Waals surface area contributed by atoms with Gasteiger partial charge in [0, 0.05) is 24.7 Å². The van der Waals surface area contributed by atoms with Crippen molar-refractivity contribution in [1.29, 1.82) is 0 Å². The van der Waals surface area contributed by atoms with E-state index in [1.54, 1.807) is 18.2 Å². The molecule has 1 aliphatic carbocycles. The monoisotopic (exact) mass is 351 g/mol. The zero-order valence-corrected chi connectivity index (χ0v) is 14.8. The average Bonchev–Trinajstić information content (AvgIpc) is 2.45. The van der Waals surface area contributed by atoms with E-state index in [4.69, 9.17) is 0 Å². The largest absolute Gasteiger partial charge is 0.325 e. The summed E-state index contributed by atoms with van der Waals surface area (Å²) < 4.78 is 23.6. The van der Waals surface area contributed by atoms with Crippen molar-refractivity contribution in [2.45, 2.75) is 19.8 Å². The third-order valence-electron chi connectivity index (χ3n) is 3.80. The van der Waals surface area contributed by atoms with Gasteiger partial charge in [-0.25, -0.2) is 13.4 Å². The van der Waals surface area contributed by atoms with E-state index in [0.29, 0.717) is 11.4 Å². The van der Waals surface area contributed by atoms with E-state index in [1.807, 2.05) is 13.0 Å². The lowest BCUT2D eigenvalue weighted by Crippen LogP contribution is -2.33. The standard InChI is InChI=1S/C16H21N3O4S/c1-4-5-11-8-15(20)18-14-9-12(6-7-13(11)14)17-16(21)10-19(2)24(3,22)23/h6-9,13H,4-5,10H2,1-3H3,(H,18,20). The van der Waals surface area contributed by atoms with Crippen LogP contribution in [0.2, 0.25) is 0 Å². The van der Waals surface area contributed by atoms with Crippen molar-refractivity contribution in [2.75, 3.05) is 19.8 Å². The number of nitrogens with one attached hydrogen (secondary N) is 1. The van der Waals surface area contributed by atoms with Gasteiger partial charge in [0.05, 0.1) is 18.5 Å². The van der Waals surface area contributed by atoms with Gasteiger partial charge in [0.2, 0.25) is 15.9 Å². The van der Waals surface area contributed by atoms with Crippen molar-refractivity contribution < 1.29 is 18.0 Å². The van der Waals surface area contributed by atoms with Crippen LogP contribution in [0.4, 0.5) is 0 Å². The summed E-state index contributed by atoms with van der Waals surface area (Å²) in [7, 11) is -2.11. The van der Waals surface area contributed by atoms with Crippen molar-refractivity contribution in [3.8, 4) is 0 Å². The van der Waals surface area contributed by atoms with Gasteiger partial charge in [0.25, 0.3) is 5.91 Å². The zero-order chi connectivity index (χ0) is 17.9. The third-order valence-corrected chi connectivity index (χ3v) is 5.06.